The number of carbonyl (C=O) groups excluding carboxylic acids is 1. The minimum Gasteiger partial charge on any atom is -0.374 e. The van der Waals surface area contributed by atoms with Crippen molar-refractivity contribution in [3.63, 3.8) is 0 Å². The second-order valence-corrected chi connectivity index (χ2v) is 4.57. The number of carbonyl (C=O) groups is 1. The van der Waals surface area contributed by atoms with Crippen molar-refractivity contribution in [3.05, 3.63) is 24.3 Å². The standard InChI is InChI=1S/C13H17N3O2/c17-13-8-15-11-3-1-2-4-12(11)16(13)9-10-7-14-5-6-18-10/h1-4,10,14-15H,5-9H2. The number of anilines is 2. The van der Waals surface area contributed by atoms with Gasteiger partial charge in [0.1, 0.15) is 0 Å². The Labute approximate surface area is 106 Å². The Morgan fingerprint density at radius 2 is 2.28 bits per heavy atom. The van der Waals surface area contributed by atoms with Crippen LogP contribution in [-0.2, 0) is 9.53 Å². The summed E-state index contributed by atoms with van der Waals surface area (Å²) in [6, 6.07) is 7.88. The first-order valence-corrected chi connectivity index (χ1v) is 6.30. The van der Waals surface area contributed by atoms with Gasteiger partial charge in [-0.05, 0) is 12.1 Å². The van der Waals surface area contributed by atoms with Gasteiger partial charge in [0.05, 0.1) is 37.2 Å². The molecule has 2 aliphatic rings. The van der Waals surface area contributed by atoms with Crippen molar-refractivity contribution < 1.29 is 9.53 Å². The zero-order chi connectivity index (χ0) is 12.4. The van der Waals surface area contributed by atoms with Gasteiger partial charge in [-0.3, -0.25) is 4.79 Å². The number of hydrogen-bond acceptors (Lipinski definition) is 4. The molecule has 0 aliphatic carbocycles. The second-order valence-electron chi connectivity index (χ2n) is 4.57. The highest BCUT2D eigenvalue weighted by Crippen LogP contribution is 2.29. The number of amides is 1. The van der Waals surface area contributed by atoms with Gasteiger partial charge in [0.25, 0.3) is 0 Å². The SMILES string of the molecule is O=C1CNc2ccccc2N1CC1CNCCO1. The lowest BCUT2D eigenvalue weighted by Gasteiger charge is -2.34. The minimum absolute atomic E-state index is 0.0776. The molecule has 0 bridgehead atoms. The Morgan fingerprint density at radius 3 is 3.11 bits per heavy atom. The summed E-state index contributed by atoms with van der Waals surface area (Å²) < 4.78 is 5.67. The Hall–Kier alpha value is -1.59. The fourth-order valence-electron chi connectivity index (χ4n) is 2.40. The summed E-state index contributed by atoms with van der Waals surface area (Å²) in [5.74, 6) is 0.0999. The second kappa shape index (κ2) is 4.96. The highest BCUT2D eigenvalue weighted by Gasteiger charge is 2.27. The maximum absolute atomic E-state index is 12.0. The van der Waals surface area contributed by atoms with Gasteiger partial charge in [0.2, 0.25) is 5.91 Å². The predicted octanol–water partition coefficient (Wildman–Crippen LogP) is 0.433. The van der Waals surface area contributed by atoms with Crippen LogP contribution >= 0.6 is 0 Å². The Morgan fingerprint density at radius 1 is 1.39 bits per heavy atom. The predicted molar refractivity (Wildman–Crippen MR) is 69.9 cm³/mol. The quantitative estimate of drug-likeness (QED) is 0.796. The smallest absolute Gasteiger partial charge is 0.246 e. The van der Waals surface area contributed by atoms with Crippen molar-refractivity contribution in [1.29, 1.82) is 0 Å². The van der Waals surface area contributed by atoms with E-state index in [1.807, 2.05) is 29.2 Å². The van der Waals surface area contributed by atoms with E-state index in [9.17, 15) is 4.79 Å². The van der Waals surface area contributed by atoms with Crippen molar-refractivity contribution in [1.82, 2.24) is 5.32 Å². The van der Waals surface area contributed by atoms with Crippen LogP contribution in [0.1, 0.15) is 0 Å². The molecule has 1 aromatic carbocycles. The van der Waals surface area contributed by atoms with Crippen LogP contribution in [0.5, 0.6) is 0 Å². The van der Waals surface area contributed by atoms with E-state index in [4.69, 9.17) is 4.74 Å². The van der Waals surface area contributed by atoms with Crippen LogP contribution in [0.25, 0.3) is 0 Å². The van der Waals surface area contributed by atoms with E-state index in [1.165, 1.54) is 0 Å². The molecule has 0 radical (unpaired) electrons. The molecule has 96 valence electrons. The molecule has 1 unspecified atom stereocenters. The van der Waals surface area contributed by atoms with Crippen LogP contribution < -0.4 is 15.5 Å². The molecular weight excluding hydrogens is 230 g/mol. The Kier molecular flexibility index (Phi) is 3.17. The molecule has 0 aromatic heterocycles. The average Bonchev–Trinajstić information content (AvgIpc) is 2.43. The molecule has 1 aromatic rings. The van der Waals surface area contributed by atoms with Crippen LogP contribution in [0.4, 0.5) is 11.4 Å². The summed E-state index contributed by atoms with van der Waals surface area (Å²) in [6.45, 7) is 3.39. The lowest BCUT2D eigenvalue weighted by molar-refractivity contribution is -0.117. The summed E-state index contributed by atoms with van der Waals surface area (Å²) >= 11 is 0. The van der Waals surface area contributed by atoms with Gasteiger partial charge in [-0.25, -0.2) is 0 Å². The van der Waals surface area contributed by atoms with E-state index in [-0.39, 0.29) is 12.0 Å². The molecule has 3 rings (SSSR count). The van der Waals surface area contributed by atoms with E-state index in [2.05, 4.69) is 10.6 Å². The van der Waals surface area contributed by atoms with Crippen LogP contribution in [-0.4, -0.2) is 44.8 Å². The number of ether oxygens (including phenoxy) is 1. The van der Waals surface area contributed by atoms with Gasteiger partial charge in [-0.2, -0.15) is 0 Å². The van der Waals surface area contributed by atoms with Gasteiger partial charge >= 0.3 is 0 Å². The molecule has 2 N–H and O–H groups in total. The minimum atomic E-state index is 0.0776. The summed E-state index contributed by atoms with van der Waals surface area (Å²) in [4.78, 5) is 13.8. The zero-order valence-corrected chi connectivity index (χ0v) is 10.2. The van der Waals surface area contributed by atoms with Crippen molar-refractivity contribution >= 4 is 17.3 Å². The molecule has 1 fully saturated rings. The fourth-order valence-corrected chi connectivity index (χ4v) is 2.40. The molecule has 0 saturated carbocycles. The summed E-state index contributed by atoms with van der Waals surface area (Å²) in [5, 5.41) is 6.42. The molecule has 1 saturated heterocycles. The molecular formula is C13H17N3O2. The van der Waals surface area contributed by atoms with Crippen LogP contribution in [0.15, 0.2) is 24.3 Å². The van der Waals surface area contributed by atoms with E-state index >= 15 is 0 Å². The largest absolute Gasteiger partial charge is 0.374 e. The molecule has 5 heteroatoms. The van der Waals surface area contributed by atoms with E-state index in [1.54, 1.807) is 0 Å². The van der Waals surface area contributed by atoms with Crippen LogP contribution in [0.3, 0.4) is 0 Å². The van der Waals surface area contributed by atoms with Crippen molar-refractivity contribution in [3.8, 4) is 0 Å². The van der Waals surface area contributed by atoms with E-state index in [0.29, 0.717) is 19.7 Å². The third-order valence-electron chi connectivity index (χ3n) is 3.32. The molecule has 2 aliphatic heterocycles. The Balaban J connectivity index is 1.79. The average molecular weight is 247 g/mol. The topological polar surface area (TPSA) is 53.6 Å². The number of para-hydroxylation sites is 2. The maximum Gasteiger partial charge on any atom is 0.246 e. The number of rotatable bonds is 2. The van der Waals surface area contributed by atoms with E-state index < -0.39 is 0 Å². The van der Waals surface area contributed by atoms with Gasteiger partial charge < -0.3 is 20.3 Å². The van der Waals surface area contributed by atoms with Gasteiger partial charge in [-0.15, -0.1) is 0 Å². The van der Waals surface area contributed by atoms with Gasteiger partial charge in [0, 0.05) is 13.1 Å². The zero-order valence-electron chi connectivity index (χ0n) is 10.2. The first-order chi connectivity index (χ1) is 8.84. The summed E-state index contributed by atoms with van der Waals surface area (Å²) in [7, 11) is 0. The lowest BCUT2D eigenvalue weighted by atomic mass is 10.1. The first kappa shape index (κ1) is 11.5. The number of nitrogens with one attached hydrogen (secondary N) is 2. The summed E-state index contributed by atoms with van der Waals surface area (Å²) in [5.41, 5.74) is 1.96. The van der Waals surface area contributed by atoms with Gasteiger partial charge in [0.15, 0.2) is 0 Å². The molecule has 0 spiro atoms. The Bertz CT molecular complexity index is 444. The van der Waals surface area contributed by atoms with Gasteiger partial charge in [-0.1, -0.05) is 12.1 Å². The van der Waals surface area contributed by atoms with Crippen LogP contribution in [0.2, 0.25) is 0 Å². The molecule has 5 nitrogen and oxygen atoms in total. The van der Waals surface area contributed by atoms with E-state index in [0.717, 1.165) is 24.5 Å². The molecule has 2 heterocycles. The number of benzene rings is 1. The van der Waals surface area contributed by atoms with Crippen molar-refractivity contribution in [2.75, 3.05) is 43.0 Å². The highest BCUT2D eigenvalue weighted by molar-refractivity contribution is 6.02. The summed E-state index contributed by atoms with van der Waals surface area (Å²) in [6.07, 6.45) is 0.0776. The third kappa shape index (κ3) is 2.19. The number of nitrogens with zero attached hydrogens (tertiary/aromatic N) is 1. The number of fused-ring (bicyclic) bond motifs is 1. The maximum atomic E-state index is 12.0. The third-order valence-corrected chi connectivity index (χ3v) is 3.32. The normalized spacial score (nSPS) is 23.4. The first-order valence-electron chi connectivity index (χ1n) is 6.30. The monoisotopic (exact) mass is 247 g/mol. The number of hydrogen-bond donors (Lipinski definition) is 2. The fraction of sp³-hybridized carbons (Fsp3) is 0.462. The molecule has 1 amide bonds. The lowest BCUT2D eigenvalue weighted by Crippen LogP contribution is -2.49. The molecule has 1 atom stereocenters. The van der Waals surface area contributed by atoms with Crippen molar-refractivity contribution in [2.45, 2.75) is 6.10 Å². The molecule has 18 heavy (non-hydrogen) atoms. The van der Waals surface area contributed by atoms with Crippen LogP contribution in [0, 0.1) is 0 Å². The van der Waals surface area contributed by atoms with Crippen molar-refractivity contribution in [2.24, 2.45) is 0 Å². The number of morpholine rings is 1. The highest BCUT2D eigenvalue weighted by atomic mass is 16.5.